The van der Waals surface area contributed by atoms with Crippen molar-refractivity contribution < 1.29 is 23.8 Å². The number of Topliss-reactive ketones (excluding diaryl/α,β-unsaturated/α-hetero) is 1. The zero-order valence-electron chi connectivity index (χ0n) is 17.7. The normalized spacial score (nSPS) is 17.7. The third-order valence-corrected chi connectivity index (χ3v) is 6.26. The van der Waals surface area contributed by atoms with Crippen LogP contribution < -0.4 is 4.74 Å². The van der Waals surface area contributed by atoms with E-state index in [1.165, 1.54) is 28.4 Å². The lowest BCUT2D eigenvalue weighted by Crippen LogP contribution is -2.29. The number of amides is 1. The van der Waals surface area contributed by atoms with Crippen molar-refractivity contribution in [1.29, 1.82) is 0 Å². The molecule has 1 unspecified atom stereocenters. The van der Waals surface area contributed by atoms with Crippen molar-refractivity contribution >= 4 is 28.8 Å². The van der Waals surface area contributed by atoms with Crippen molar-refractivity contribution in [2.75, 3.05) is 6.61 Å². The van der Waals surface area contributed by atoms with Crippen LogP contribution in [0.1, 0.15) is 34.5 Å². The van der Waals surface area contributed by atoms with E-state index >= 15 is 0 Å². The number of carbonyl (C=O) groups excluding carboxylic acids is 2. The van der Waals surface area contributed by atoms with Gasteiger partial charge in [-0.05, 0) is 55.1 Å². The van der Waals surface area contributed by atoms with E-state index in [1.54, 1.807) is 30.3 Å². The summed E-state index contributed by atoms with van der Waals surface area (Å²) in [4.78, 5) is 28.2. The number of hydrogen-bond donors (Lipinski definition) is 1. The van der Waals surface area contributed by atoms with Gasteiger partial charge in [0.1, 0.15) is 17.3 Å². The van der Waals surface area contributed by atoms with Crippen LogP contribution in [0.5, 0.6) is 5.75 Å². The minimum absolute atomic E-state index is 0.125. The summed E-state index contributed by atoms with van der Waals surface area (Å²) >= 11 is 1.44. The van der Waals surface area contributed by atoms with E-state index in [0.717, 1.165) is 10.4 Å². The van der Waals surface area contributed by atoms with Crippen molar-refractivity contribution in [3.63, 3.8) is 0 Å². The molecule has 4 rings (SSSR count). The number of carbonyl (C=O) groups is 2. The maximum atomic E-state index is 14.8. The van der Waals surface area contributed by atoms with Crippen LogP contribution in [0, 0.1) is 12.7 Å². The van der Waals surface area contributed by atoms with Crippen molar-refractivity contribution in [2.45, 2.75) is 26.4 Å². The van der Waals surface area contributed by atoms with Gasteiger partial charge in [0, 0.05) is 16.0 Å². The molecule has 1 atom stereocenters. The quantitative estimate of drug-likeness (QED) is 0.317. The average Bonchev–Trinajstić information content (AvgIpc) is 3.38. The molecule has 1 aliphatic rings. The molecule has 7 heteroatoms. The minimum Gasteiger partial charge on any atom is -0.507 e. The molecule has 3 aromatic rings. The molecule has 0 bridgehead atoms. The Balaban J connectivity index is 1.86. The molecule has 1 fully saturated rings. The first-order valence-corrected chi connectivity index (χ1v) is 11.1. The average molecular weight is 452 g/mol. The highest BCUT2D eigenvalue weighted by Gasteiger charge is 2.47. The standard InChI is InChI=1S/C25H22FNO4S/c1-3-31-20-11-10-16(13-15(20)2)23(28)21-22(18-8-4-5-9-19(18)26)27(25(30)24(21)29)14-17-7-6-12-32-17/h4-13,22,28H,3,14H2,1-2H3/b23-21+. The Morgan fingerprint density at radius 2 is 1.94 bits per heavy atom. The molecular formula is C25H22FNO4S. The summed E-state index contributed by atoms with van der Waals surface area (Å²) in [5.74, 6) is -1.83. The van der Waals surface area contributed by atoms with E-state index in [9.17, 15) is 19.1 Å². The lowest BCUT2D eigenvalue weighted by atomic mass is 9.94. The summed E-state index contributed by atoms with van der Waals surface area (Å²) in [6.07, 6.45) is 0. The monoisotopic (exact) mass is 451 g/mol. The van der Waals surface area contributed by atoms with Crippen LogP contribution >= 0.6 is 11.3 Å². The fraction of sp³-hybridized carbons (Fsp3) is 0.200. The van der Waals surface area contributed by atoms with E-state index in [2.05, 4.69) is 0 Å². The summed E-state index contributed by atoms with van der Waals surface area (Å²) in [6, 6.07) is 13.7. The number of nitrogens with zero attached hydrogens (tertiary/aromatic N) is 1. The molecule has 1 N–H and O–H groups in total. The molecule has 0 spiro atoms. The number of thiophene rings is 1. The van der Waals surface area contributed by atoms with Crippen LogP contribution in [-0.4, -0.2) is 28.3 Å². The Kier molecular flexibility index (Phi) is 6.10. The smallest absolute Gasteiger partial charge is 0.295 e. The van der Waals surface area contributed by atoms with Gasteiger partial charge in [-0.2, -0.15) is 0 Å². The summed E-state index contributed by atoms with van der Waals surface area (Å²) in [7, 11) is 0. The van der Waals surface area contributed by atoms with Crippen LogP contribution in [-0.2, 0) is 16.1 Å². The number of likely N-dealkylation sites (tertiary alicyclic amines) is 1. The minimum atomic E-state index is -1.04. The Labute approximate surface area is 189 Å². The van der Waals surface area contributed by atoms with Crippen molar-refractivity contribution in [3.8, 4) is 5.75 Å². The molecule has 1 aromatic heterocycles. The summed E-state index contributed by atoms with van der Waals surface area (Å²) < 4.78 is 20.4. The predicted octanol–water partition coefficient (Wildman–Crippen LogP) is 5.22. The van der Waals surface area contributed by atoms with Crippen LogP contribution in [0.15, 0.2) is 65.6 Å². The highest BCUT2D eigenvalue weighted by molar-refractivity contribution is 7.09. The highest BCUT2D eigenvalue weighted by Crippen LogP contribution is 2.41. The van der Waals surface area contributed by atoms with E-state index in [1.807, 2.05) is 31.4 Å². The van der Waals surface area contributed by atoms with Crippen molar-refractivity contribution in [2.24, 2.45) is 0 Å². The molecule has 5 nitrogen and oxygen atoms in total. The molecule has 0 saturated carbocycles. The van der Waals surface area contributed by atoms with E-state index in [4.69, 9.17) is 4.74 Å². The number of aliphatic hydroxyl groups excluding tert-OH is 1. The van der Waals surface area contributed by atoms with Gasteiger partial charge in [0.25, 0.3) is 11.7 Å². The molecule has 1 aliphatic heterocycles. The third-order valence-electron chi connectivity index (χ3n) is 5.39. The van der Waals surface area contributed by atoms with Gasteiger partial charge in [-0.3, -0.25) is 9.59 Å². The molecule has 0 aliphatic carbocycles. The van der Waals surface area contributed by atoms with Gasteiger partial charge in [0.2, 0.25) is 0 Å². The molecule has 1 saturated heterocycles. The zero-order chi connectivity index (χ0) is 22.8. The molecule has 1 amide bonds. The van der Waals surface area contributed by atoms with Crippen LogP contribution in [0.2, 0.25) is 0 Å². The first kappa shape index (κ1) is 21.8. The number of halogens is 1. The van der Waals surface area contributed by atoms with Gasteiger partial charge in [-0.25, -0.2) is 4.39 Å². The Morgan fingerprint density at radius 3 is 2.59 bits per heavy atom. The Bertz CT molecular complexity index is 1200. The van der Waals surface area contributed by atoms with Gasteiger partial charge in [0.05, 0.1) is 24.8 Å². The predicted molar refractivity (Wildman–Crippen MR) is 121 cm³/mol. The lowest BCUT2D eigenvalue weighted by Gasteiger charge is -2.25. The van der Waals surface area contributed by atoms with Gasteiger partial charge < -0.3 is 14.7 Å². The number of hydrogen-bond acceptors (Lipinski definition) is 5. The van der Waals surface area contributed by atoms with E-state index < -0.39 is 23.5 Å². The second kappa shape index (κ2) is 8.96. The molecule has 32 heavy (non-hydrogen) atoms. The summed E-state index contributed by atoms with van der Waals surface area (Å²) in [5, 5.41) is 13.0. The Morgan fingerprint density at radius 1 is 1.16 bits per heavy atom. The Hall–Kier alpha value is -3.45. The second-order valence-corrected chi connectivity index (χ2v) is 8.47. The number of rotatable bonds is 6. The van der Waals surface area contributed by atoms with E-state index in [-0.39, 0.29) is 23.4 Å². The van der Waals surface area contributed by atoms with Gasteiger partial charge in [-0.1, -0.05) is 24.3 Å². The fourth-order valence-electron chi connectivity index (χ4n) is 3.90. The highest BCUT2D eigenvalue weighted by atomic mass is 32.1. The van der Waals surface area contributed by atoms with Crippen molar-refractivity contribution in [1.82, 2.24) is 4.90 Å². The van der Waals surface area contributed by atoms with Crippen molar-refractivity contribution in [3.05, 3.63) is 92.9 Å². The largest absolute Gasteiger partial charge is 0.507 e. The molecule has 2 heterocycles. The fourth-order valence-corrected chi connectivity index (χ4v) is 4.61. The zero-order valence-corrected chi connectivity index (χ0v) is 18.5. The maximum Gasteiger partial charge on any atom is 0.295 e. The molecular weight excluding hydrogens is 429 g/mol. The van der Waals surface area contributed by atoms with Gasteiger partial charge >= 0.3 is 0 Å². The van der Waals surface area contributed by atoms with Gasteiger partial charge in [-0.15, -0.1) is 11.3 Å². The van der Waals surface area contributed by atoms with Gasteiger partial charge in [0.15, 0.2) is 0 Å². The summed E-state index contributed by atoms with van der Waals surface area (Å²) in [6.45, 7) is 4.33. The first-order valence-electron chi connectivity index (χ1n) is 10.2. The molecule has 2 aromatic carbocycles. The second-order valence-electron chi connectivity index (χ2n) is 7.44. The van der Waals surface area contributed by atoms with Crippen LogP contribution in [0.4, 0.5) is 4.39 Å². The summed E-state index contributed by atoms with van der Waals surface area (Å²) in [5.41, 5.74) is 1.17. The third kappa shape index (κ3) is 3.91. The number of ketones is 1. The lowest BCUT2D eigenvalue weighted by molar-refractivity contribution is -0.140. The number of aryl methyl sites for hydroxylation is 1. The number of benzene rings is 2. The van der Waals surface area contributed by atoms with Crippen LogP contribution in [0.3, 0.4) is 0 Å². The number of ether oxygens (including phenoxy) is 1. The maximum absolute atomic E-state index is 14.8. The van der Waals surface area contributed by atoms with Crippen LogP contribution in [0.25, 0.3) is 5.76 Å². The van der Waals surface area contributed by atoms with E-state index in [0.29, 0.717) is 17.9 Å². The first-order chi connectivity index (χ1) is 15.4. The molecule has 164 valence electrons. The topological polar surface area (TPSA) is 66.8 Å². The number of aliphatic hydroxyl groups is 1. The SMILES string of the molecule is CCOc1ccc(/C(O)=C2\C(=O)C(=O)N(Cc3cccs3)C2c2ccccc2F)cc1C. The molecule has 0 radical (unpaired) electrons.